The van der Waals surface area contributed by atoms with Crippen molar-refractivity contribution in [3.63, 3.8) is 0 Å². The number of benzene rings is 7. The molecule has 4 heteroatoms. The van der Waals surface area contributed by atoms with E-state index < -0.39 is 5.41 Å². The molecule has 0 fully saturated rings. The van der Waals surface area contributed by atoms with Gasteiger partial charge in [-0.25, -0.2) is 9.97 Å². The molecule has 9 aromatic rings. The van der Waals surface area contributed by atoms with Crippen molar-refractivity contribution in [3.05, 3.63) is 234 Å². The van der Waals surface area contributed by atoms with E-state index in [1.54, 1.807) is 0 Å². The molecule has 1 spiro atoms. The van der Waals surface area contributed by atoms with Gasteiger partial charge >= 0.3 is 0 Å². The average molecular weight is 758 g/mol. The summed E-state index contributed by atoms with van der Waals surface area (Å²) in [6, 6.07) is 68.7. The zero-order valence-corrected chi connectivity index (χ0v) is 32.8. The zero-order chi connectivity index (χ0) is 39.6. The molecule has 280 valence electrons. The normalized spacial score (nSPS) is 14.0. The Morgan fingerprint density at radius 1 is 0.390 bits per heavy atom. The summed E-state index contributed by atoms with van der Waals surface area (Å²) in [5, 5.41) is 0. The van der Waals surface area contributed by atoms with Gasteiger partial charge in [-0.1, -0.05) is 172 Å². The SMILES string of the molecule is CC1(C)c2ccccc2C2(c3ccccc3Oc3ccccc32)c2cccc(-c3ccccc3-c3cc(-c4cccc(-c5ccccn5)c4)nc(-c4ccccc4)n3)c21. The molecule has 0 unspecified atom stereocenters. The van der Waals surface area contributed by atoms with Crippen LogP contribution in [0.5, 0.6) is 11.5 Å². The van der Waals surface area contributed by atoms with Crippen LogP contribution in [-0.4, -0.2) is 15.0 Å². The second kappa shape index (κ2) is 13.6. The van der Waals surface area contributed by atoms with Crippen LogP contribution in [0.1, 0.15) is 47.2 Å². The fourth-order valence-electron chi connectivity index (χ4n) is 9.73. The second-order valence-corrected chi connectivity index (χ2v) is 15.9. The van der Waals surface area contributed by atoms with Crippen LogP contribution >= 0.6 is 0 Å². The van der Waals surface area contributed by atoms with Gasteiger partial charge in [0.1, 0.15) is 11.5 Å². The third-order valence-electron chi connectivity index (χ3n) is 12.3. The number of rotatable bonds is 5. The molecular weight excluding hydrogens is 719 g/mol. The van der Waals surface area contributed by atoms with Gasteiger partial charge in [0.25, 0.3) is 0 Å². The first kappa shape index (κ1) is 34.8. The van der Waals surface area contributed by atoms with Crippen molar-refractivity contribution in [2.75, 3.05) is 0 Å². The van der Waals surface area contributed by atoms with Gasteiger partial charge in [0.15, 0.2) is 5.82 Å². The van der Waals surface area contributed by atoms with E-state index >= 15 is 0 Å². The minimum absolute atomic E-state index is 0.360. The largest absolute Gasteiger partial charge is 0.457 e. The molecule has 1 aliphatic carbocycles. The lowest BCUT2D eigenvalue weighted by Crippen LogP contribution is -2.43. The summed E-state index contributed by atoms with van der Waals surface area (Å²) in [5.74, 6) is 2.44. The van der Waals surface area contributed by atoms with E-state index in [4.69, 9.17) is 14.7 Å². The van der Waals surface area contributed by atoms with Gasteiger partial charge in [-0.2, -0.15) is 0 Å². The minimum atomic E-state index is -0.612. The minimum Gasteiger partial charge on any atom is -0.457 e. The molecule has 0 atom stereocenters. The van der Waals surface area contributed by atoms with Gasteiger partial charge in [0.2, 0.25) is 0 Å². The summed E-state index contributed by atoms with van der Waals surface area (Å²) in [4.78, 5) is 15.2. The van der Waals surface area contributed by atoms with E-state index in [0.29, 0.717) is 5.82 Å². The Bertz CT molecular complexity index is 3020. The molecule has 0 N–H and O–H groups in total. The molecule has 2 aliphatic rings. The summed E-state index contributed by atoms with van der Waals surface area (Å²) in [6.07, 6.45) is 1.83. The van der Waals surface area contributed by atoms with Gasteiger partial charge in [-0.3, -0.25) is 4.98 Å². The molecule has 0 radical (unpaired) electrons. The predicted octanol–water partition coefficient (Wildman–Crippen LogP) is 13.3. The summed E-state index contributed by atoms with van der Waals surface area (Å²) in [7, 11) is 0. The lowest BCUT2D eigenvalue weighted by molar-refractivity contribution is 0.425. The predicted molar refractivity (Wildman–Crippen MR) is 238 cm³/mol. The number of aromatic nitrogens is 3. The second-order valence-electron chi connectivity index (χ2n) is 15.9. The molecule has 3 heterocycles. The first-order valence-corrected chi connectivity index (χ1v) is 20.2. The number of hydrogen-bond donors (Lipinski definition) is 0. The molecule has 0 amide bonds. The highest BCUT2D eigenvalue weighted by molar-refractivity contribution is 5.89. The van der Waals surface area contributed by atoms with Crippen molar-refractivity contribution >= 4 is 0 Å². The monoisotopic (exact) mass is 757 g/mol. The molecule has 1 aliphatic heterocycles. The molecule has 0 saturated heterocycles. The van der Waals surface area contributed by atoms with Gasteiger partial charge in [-0.05, 0) is 69.8 Å². The summed E-state index contributed by atoms with van der Waals surface area (Å²) in [6.45, 7) is 4.76. The van der Waals surface area contributed by atoms with E-state index in [-0.39, 0.29) is 5.41 Å². The first-order chi connectivity index (χ1) is 29.0. The van der Waals surface area contributed by atoms with Crippen molar-refractivity contribution in [2.45, 2.75) is 24.7 Å². The third-order valence-corrected chi connectivity index (χ3v) is 12.3. The van der Waals surface area contributed by atoms with Crippen molar-refractivity contribution in [3.8, 4) is 67.8 Å². The van der Waals surface area contributed by atoms with Crippen LogP contribution in [0.2, 0.25) is 0 Å². The van der Waals surface area contributed by atoms with Crippen LogP contribution < -0.4 is 4.74 Å². The fourth-order valence-corrected chi connectivity index (χ4v) is 9.73. The number of fused-ring (bicyclic) bond motifs is 8. The van der Waals surface area contributed by atoms with Crippen molar-refractivity contribution < 1.29 is 4.74 Å². The number of para-hydroxylation sites is 2. The molecular formula is C55H39N3O. The van der Waals surface area contributed by atoms with E-state index in [0.717, 1.165) is 67.5 Å². The van der Waals surface area contributed by atoms with Crippen LogP contribution in [0.25, 0.3) is 56.3 Å². The number of hydrogen-bond acceptors (Lipinski definition) is 4. The van der Waals surface area contributed by atoms with Crippen molar-refractivity contribution in [1.82, 2.24) is 15.0 Å². The molecule has 4 nitrogen and oxygen atoms in total. The van der Waals surface area contributed by atoms with E-state index in [1.165, 1.54) is 27.8 Å². The average Bonchev–Trinajstić information content (AvgIpc) is 3.31. The molecule has 0 bridgehead atoms. The van der Waals surface area contributed by atoms with Crippen molar-refractivity contribution in [1.29, 1.82) is 0 Å². The van der Waals surface area contributed by atoms with Crippen LogP contribution in [0.4, 0.5) is 0 Å². The van der Waals surface area contributed by atoms with Crippen LogP contribution in [0, 0.1) is 0 Å². The van der Waals surface area contributed by atoms with E-state index in [2.05, 4.69) is 177 Å². The van der Waals surface area contributed by atoms with Gasteiger partial charge < -0.3 is 4.74 Å². The lowest BCUT2D eigenvalue weighted by atomic mass is 9.53. The third kappa shape index (κ3) is 5.40. The van der Waals surface area contributed by atoms with E-state index in [9.17, 15) is 0 Å². The Balaban J connectivity index is 1.17. The van der Waals surface area contributed by atoms with Crippen LogP contribution in [0.15, 0.2) is 200 Å². The highest BCUT2D eigenvalue weighted by atomic mass is 16.5. The Morgan fingerprint density at radius 3 is 1.66 bits per heavy atom. The Hall–Kier alpha value is -7.43. The fraction of sp³-hybridized carbons (Fsp3) is 0.0727. The maximum Gasteiger partial charge on any atom is 0.160 e. The molecule has 7 aromatic carbocycles. The lowest BCUT2D eigenvalue weighted by Gasteiger charge is -2.50. The zero-order valence-electron chi connectivity index (χ0n) is 32.8. The molecule has 0 saturated carbocycles. The van der Waals surface area contributed by atoms with Gasteiger partial charge in [0, 0.05) is 45.0 Å². The number of nitrogens with zero attached hydrogens (tertiary/aromatic N) is 3. The van der Waals surface area contributed by atoms with Crippen molar-refractivity contribution in [2.24, 2.45) is 0 Å². The molecule has 2 aromatic heterocycles. The maximum atomic E-state index is 6.69. The van der Waals surface area contributed by atoms with Gasteiger partial charge in [-0.15, -0.1) is 0 Å². The van der Waals surface area contributed by atoms with Gasteiger partial charge in [0.05, 0.1) is 22.5 Å². The topological polar surface area (TPSA) is 47.9 Å². The summed E-state index contributed by atoms with van der Waals surface area (Å²) < 4.78 is 6.69. The number of pyridine rings is 1. The Labute approximate surface area is 344 Å². The molecule has 11 rings (SSSR count). The quantitative estimate of drug-likeness (QED) is 0.175. The first-order valence-electron chi connectivity index (χ1n) is 20.2. The Kier molecular flexibility index (Phi) is 8.02. The maximum absolute atomic E-state index is 6.69. The number of ether oxygens (including phenoxy) is 1. The highest BCUT2D eigenvalue weighted by Crippen LogP contribution is 2.62. The van der Waals surface area contributed by atoms with Crippen LogP contribution in [0.3, 0.4) is 0 Å². The smallest absolute Gasteiger partial charge is 0.160 e. The standard InChI is InChI=1S/C55H39N3O/c1-54(2)42-25-8-9-26-43(42)55(44-27-10-12-31-50(44)59-51-32-13-11-28-45(51)55)46-29-17-24-41(52(46)54)39-22-6-7-23-40(39)49-35-48(57-53(58-49)36-18-4-3-5-19-36)38-21-16-20-37(34-38)47-30-14-15-33-56-47/h3-35H,1-2H3. The Morgan fingerprint density at radius 2 is 0.932 bits per heavy atom. The molecule has 59 heavy (non-hydrogen) atoms. The van der Waals surface area contributed by atoms with E-state index in [1.807, 2.05) is 42.6 Å². The van der Waals surface area contributed by atoms with Crippen LogP contribution in [-0.2, 0) is 10.8 Å². The summed E-state index contributed by atoms with van der Waals surface area (Å²) >= 11 is 0. The highest BCUT2D eigenvalue weighted by Gasteiger charge is 2.53. The summed E-state index contributed by atoms with van der Waals surface area (Å²) in [5.41, 5.74) is 15.4.